The van der Waals surface area contributed by atoms with Crippen molar-refractivity contribution in [1.29, 1.82) is 0 Å². The molecule has 1 fully saturated rings. The summed E-state index contributed by atoms with van der Waals surface area (Å²) >= 11 is 3.30. The van der Waals surface area contributed by atoms with E-state index in [2.05, 4.69) is 31.5 Å². The molecule has 1 aliphatic rings. The maximum atomic E-state index is 12.7. The molecular weight excluding hydrogens is 452 g/mol. The second-order valence-corrected chi connectivity index (χ2v) is 9.73. The van der Waals surface area contributed by atoms with E-state index in [4.69, 9.17) is 4.74 Å². The van der Waals surface area contributed by atoms with Gasteiger partial charge in [0, 0.05) is 23.6 Å². The first-order valence-corrected chi connectivity index (χ1v) is 12.8. The van der Waals surface area contributed by atoms with Crippen LogP contribution in [-0.2, 0) is 17.0 Å². The van der Waals surface area contributed by atoms with E-state index in [0.29, 0.717) is 11.3 Å². The van der Waals surface area contributed by atoms with Crippen LogP contribution in [0.5, 0.6) is 0 Å². The lowest BCUT2D eigenvalue weighted by atomic mass is 10.1. The number of hydrogen-bond donors (Lipinski definition) is 1. The Balaban J connectivity index is 1.31. The number of amides is 1. The van der Waals surface area contributed by atoms with E-state index >= 15 is 0 Å². The third-order valence-electron chi connectivity index (χ3n) is 5.46. The predicted molar refractivity (Wildman–Crippen MR) is 133 cm³/mol. The molecule has 1 unspecified atom stereocenters. The van der Waals surface area contributed by atoms with Crippen LogP contribution in [0.15, 0.2) is 77.3 Å². The molecule has 1 aliphatic heterocycles. The van der Waals surface area contributed by atoms with Crippen molar-refractivity contribution in [2.45, 2.75) is 36.4 Å². The number of anilines is 1. The molecule has 5 rings (SSSR count). The standard InChI is InChI=1S/C25H24N4O2S2/c30-24(26-20-9-2-1-3-10-20)19-8-4-7-18(15-19)17-33-25-28-27-23(22-12-6-14-32-22)29(25)16-21-11-5-13-31-21/h1-4,6-10,12,14-15,21H,5,11,13,16-17H2,(H,26,30). The Morgan fingerprint density at radius 3 is 2.82 bits per heavy atom. The van der Waals surface area contributed by atoms with Crippen molar-refractivity contribution < 1.29 is 9.53 Å². The van der Waals surface area contributed by atoms with Gasteiger partial charge in [0.2, 0.25) is 0 Å². The van der Waals surface area contributed by atoms with Gasteiger partial charge in [0.15, 0.2) is 11.0 Å². The number of carbonyl (C=O) groups is 1. The summed E-state index contributed by atoms with van der Waals surface area (Å²) in [7, 11) is 0. The Bertz CT molecular complexity index is 1200. The van der Waals surface area contributed by atoms with Gasteiger partial charge in [-0.05, 0) is 54.1 Å². The average molecular weight is 477 g/mol. The minimum Gasteiger partial charge on any atom is -0.376 e. The number of thioether (sulfide) groups is 1. The number of nitrogens with zero attached hydrogens (tertiary/aromatic N) is 3. The van der Waals surface area contributed by atoms with Gasteiger partial charge in [-0.15, -0.1) is 21.5 Å². The van der Waals surface area contributed by atoms with Gasteiger partial charge in [-0.25, -0.2) is 0 Å². The zero-order chi connectivity index (χ0) is 22.5. The van der Waals surface area contributed by atoms with Crippen LogP contribution in [0, 0.1) is 0 Å². The monoisotopic (exact) mass is 476 g/mol. The summed E-state index contributed by atoms with van der Waals surface area (Å²) in [6, 6.07) is 21.3. The summed E-state index contributed by atoms with van der Waals surface area (Å²) in [6.07, 6.45) is 2.36. The fourth-order valence-corrected chi connectivity index (χ4v) is 5.42. The molecule has 0 saturated carbocycles. The molecule has 2 aromatic heterocycles. The molecular formula is C25H24N4O2S2. The summed E-state index contributed by atoms with van der Waals surface area (Å²) in [5.41, 5.74) is 2.48. The van der Waals surface area contributed by atoms with Crippen LogP contribution in [-0.4, -0.2) is 33.4 Å². The summed E-state index contributed by atoms with van der Waals surface area (Å²) in [5.74, 6) is 1.47. The Morgan fingerprint density at radius 2 is 2.03 bits per heavy atom. The number of aromatic nitrogens is 3. The third kappa shape index (κ3) is 5.35. The third-order valence-corrected chi connectivity index (χ3v) is 7.36. The molecule has 0 spiro atoms. The van der Waals surface area contributed by atoms with Crippen LogP contribution in [0.25, 0.3) is 10.7 Å². The smallest absolute Gasteiger partial charge is 0.255 e. The minimum atomic E-state index is -0.116. The number of nitrogens with one attached hydrogen (secondary N) is 1. The molecule has 3 heterocycles. The maximum absolute atomic E-state index is 12.7. The van der Waals surface area contributed by atoms with Gasteiger partial charge in [-0.1, -0.05) is 48.2 Å². The number of para-hydroxylation sites is 1. The lowest BCUT2D eigenvalue weighted by Gasteiger charge is -2.14. The molecule has 4 aromatic rings. The van der Waals surface area contributed by atoms with E-state index in [1.165, 1.54) is 0 Å². The van der Waals surface area contributed by atoms with Crippen molar-refractivity contribution in [2.75, 3.05) is 11.9 Å². The summed E-state index contributed by atoms with van der Waals surface area (Å²) < 4.78 is 8.06. The lowest BCUT2D eigenvalue weighted by molar-refractivity contribution is 0.0953. The van der Waals surface area contributed by atoms with Crippen molar-refractivity contribution in [3.05, 3.63) is 83.2 Å². The van der Waals surface area contributed by atoms with Crippen LogP contribution >= 0.6 is 23.1 Å². The second-order valence-electron chi connectivity index (χ2n) is 7.84. The van der Waals surface area contributed by atoms with E-state index < -0.39 is 0 Å². The zero-order valence-electron chi connectivity index (χ0n) is 18.0. The molecule has 1 amide bonds. The highest BCUT2D eigenvalue weighted by atomic mass is 32.2. The molecule has 168 valence electrons. The topological polar surface area (TPSA) is 69.0 Å². The first-order valence-electron chi connectivity index (χ1n) is 10.9. The van der Waals surface area contributed by atoms with Crippen molar-refractivity contribution in [1.82, 2.24) is 14.8 Å². The molecule has 0 aliphatic carbocycles. The van der Waals surface area contributed by atoms with E-state index in [0.717, 1.165) is 53.1 Å². The van der Waals surface area contributed by atoms with E-state index in [9.17, 15) is 4.79 Å². The molecule has 2 aromatic carbocycles. The largest absolute Gasteiger partial charge is 0.376 e. The lowest BCUT2D eigenvalue weighted by Crippen LogP contribution is -2.16. The van der Waals surface area contributed by atoms with E-state index in [-0.39, 0.29) is 12.0 Å². The molecule has 1 atom stereocenters. The predicted octanol–water partition coefficient (Wildman–Crippen LogP) is 5.73. The normalized spacial score (nSPS) is 15.6. The molecule has 8 heteroatoms. The molecule has 6 nitrogen and oxygen atoms in total. The molecule has 1 saturated heterocycles. The van der Waals surface area contributed by atoms with Gasteiger partial charge < -0.3 is 10.1 Å². The van der Waals surface area contributed by atoms with Crippen molar-refractivity contribution in [3.8, 4) is 10.7 Å². The number of carbonyl (C=O) groups excluding carboxylic acids is 1. The highest BCUT2D eigenvalue weighted by Gasteiger charge is 2.22. The van der Waals surface area contributed by atoms with Gasteiger partial charge in [-0.3, -0.25) is 9.36 Å². The zero-order valence-corrected chi connectivity index (χ0v) is 19.6. The number of hydrogen-bond acceptors (Lipinski definition) is 6. The minimum absolute atomic E-state index is 0.116. The Hall–Kier alpha value is -2.94. The summed E-state index contributed by atoms with van der Waals surface area (Å²) in [6.45, 7) is 1.57. The molecule has 0 radical (unpaired) electrons. The number of thiophene rings is 1. The first-order chi connectivity index (χ1) is 16.3. The summed E-state index contributed by atoms with van der Waals surface area (Å²) in [5, 5.41) is 14.8. The summed E-state index contributed by atoms with van der Waals surface area (Å²) in [4.78, 5) is 13.8. The van der Waals surface area contributed by atoms with Gasteiger partial charge in [0.05, 0.1) is 17.5 Å². The van der Waals surface area contributed by atoms with Crippen LogP contribution in [0.1, 0.15) is 28.8 Å². The SMILES string of the molecule is O=C(Nc1ccccc1)c1cccc(CSc2nnc(-c3cccs3)n2CC2CCCO2)c1. The highest BCUT2D eigenvalue weighted by Crippen LogP contribution is 2.30. The van der Waals surface area contributed by atoms with Crippen LogP contribution in [0.4, 0.5) is 5.69 Å². The molecule has 33 heavy (non-hydrogen) atoms. The van der Waals surface area contributed by atoms with Crippen LogP contribution < -0.4 is 5.32 Å². The highest BCUT2D eigenvalue weighted by molar-refractivity contribution is 7.98. The van der Waals surface area contributed by atoms with Gasteiger partial charge >= 0.3 is 0 Å². The maximum Gasteiger partial charge on any atom is 0.255 e. The molecule has 0 bridgehead atoms. The van der Waals surface area contributed by atoms with Gasteiger partial charge in [0.1, 0.15) is 0 Å². The first kappa shape index (κ1) is 21.9. The van der Waals surface area contributed by atoms with Crippen LogP contribution in [0.3, 0.4) is 0 Å². The Kier molecular flexibility index (Phi) is 6.85. The Morgan fingerprint density at radius 1 is 1.12 bits per heavy atom. The van der Waals surface area contributed by atoms with Crippen molar-refractivity contribution in [2.24, 2.45) is 0 Å². The number of rotatable bonds is 8. The van der Waals surface area contributed by atoms with Crippen molar-refractivity contribution in [3.63, 3.8) is 0 Å². The number of ether oxygens (including phenoxy) is 1. The van der Waals surface area contributed by atoms with Crippen molar-refractivity contribution >= 4 is 34.7 Å². The number of benzene rings is 2. The fourth-order valence-electron chi connectivity index (χ4n) is 3.82. The van der Waals surface area contributed by atoms with Gasteiger partial charge in [0.25, 0.3) is 5.91 Å². The Labute approximate surface area is 201 Å². The molecule has 1 N–H and O–H groups in total. The average Bonchev–Trinajstić information content (AvgIpc) is 3.62. The van der Waals surface area contributed by atoms with E-state index in [1.54, 1.807) is 23.1 Å². The van der Waals surface area contributed by atoms with E-state index in [1.807, 2.05) is 60.7 Å². The second kappa shape index (κ2) is 10.3. The fraction of sp³-hybridized carbons (Fsp3) is 0.240. The quantitative estimate of drug-likeness (QED) is 0.329. The van der Waals surface area contributed by atoms with Gasteiger partial charge in [-0.2, -0.15) is 0 Å². The van der Waals surface area contributed by atoms with Crippen LogP contribution in [0.2, 0.25) is 0 Å².